The van der Waals surface area contributed by atoms with Crippen molar-refractivity contribution in [1.29, 1.82) is 0 Å². The van der Waals surface area contributed by atoms with Crippen LogP contribution < -0.4 is 0 Å². The van der Waals surface area contributed by atoms with Crippen molar-refractivity contribution in [3.63, 3.8) is 0 Å². The minimum Gasteiger partial charge on any atom is -0.342 e. The van der Waals surface area contributed by atoms with E-state index < -0.39 is 0 Å². The van der Waals surface area contributed by atoms with Crippen LogP contribution >= 0.6 is 27.5 Å². The summed E-state index contributed by atoms with van der Waals surface area (Å²) in [6, 6.07) is 15.2. The summed E-state index contributed by atoms with van der Waals surface area (Å²) in [4.78, 5) is 0. The van der Waals surface area contributed by atoms with E-state index >= 15 is 0 Å². The Kier molecular flexibility index (Phi) is 4.84. The summed E-state index contributed by atoms with van der Waals surface area (Å²) in [5.74, 6) is -0.253. The third kappa shape index (κ3) is 3.28. The van der Waals surface area contributed by atoms with Crippen LogP contribution in [0.3, 0.4) is 0 Å². The Morgan fingerprint density at radius 2 is 1.67 bits per heavy atom. The molecule has 0 radical (unpaired) electrons. The number of rotatable bonds is 3. The molecule has 0 saturated carbocycles. The summed E-state index contributed by atoms with van der Waals surface area (Å²) in [7, 11) is 0. The highest BCUT2D eigenvalue weighted by Crippen LogP contribution is 2.38. The smallest absolute Gasteiger partial charge is 0.124 e. The van der Waals surface area contributed by atoms with E-state index in [0.29, 0.717) is 11.1 Å². The lowest BCUT2D eigenvalue weighted by atomic mass is 10.0. The van der Waals surface area contributed by atoms with Crippen LogP contribution in [0.4, 0.5) is 4.39 Å². The average Bonchev–Trinajstić information content (AvgIpc) is 2.84. The standard InChI is InChI=1S/C20H18BrClFN/c1-12(2)24-13(3)8-19(15-9-16(21)11-18(23)10-15)20(24)14-4-6-17(22)7-5-14/h4-12H,1-3H3. The van der Waals surface area contributed by atoms with Crippen LogP contribution in [0, 0.1) is 12.7 Å². The molecule has 0 atom stereocenters. The molecule has 0 aliphatic heterocycles. The molecular weight excluding hydrogens is 389 g/mol. The fourth-order valence-corrected chi connectivity index (χ4v) is 3.74. The van der Waals surface area contributed by atoms with Gasteiger partial charge in [-0.15, -0.1) is 0 Å². The monoisotopic (exact) mass is 405 g/mol. The van der Waals surface area contributed by atoms with Gasteiger partial charge in [0.2, 0.25) is 0 Å². The second-order valence-electron chi connectivity index (χ2n) is 6.18. The van der Waals surface area contributed by atoms with Gasteiger partial charge < -0.3 is 4.57 Å². The molecule has 2 aromatic carbocycles. The quantitative estimate of drug-likeness (QED) is 0.431. The van der Waals surface area contributed by atoms with E-state index in [2.05, 4.69) is 47.3 Å². The van der Waals surface area contributed by atoms with Crippen LogP contribution in [-0.2, 0) is 0 Å². The number of nitrogens with zero attached hydrogens (tertiary/aromatic N) is 1. The van der Waals surface area contributed by atoms with Gasteiger partial charge in [0.25, 0.3) is 0 Å². The van der Waals surface area contributed by atoms with Crippen molar-refractivity contribution in [1.82, 2.24) is 4.57 Å². The lowest BCUT2D eigenvalue weighted by molar-refractivity contribution is 0.595. The number of hydrogen-bond acceptors (Lipinski definition) is 0. The van der Waals surface area contributed by atoms with Crippen LogP contribution in [0.1, 0.15) is 25.6 Å². The van der Waals surface area contributed by atoms with E-state index in [1.54, 1.807) is 6.07 Å². The molecule has 0 aliphatic carbocycles. The first-order valence-corrected chi connectivity index (χ1v) is 8.98. The third-order valence-electron chi connectivity index (χ3n) is 4.04. The Morgan fingerprint density at radius 1 is 1.00 bits per heavy atom. The van der Waals surface area contributed by atoms with Crippen molar-refractivity contribution in [3.8, 4) is 22.4 Å². The van der Waals surface area contributed by atoms with Crippen molar-refractivity contribution in [2.45, 2.75) is 26.8 Å². The summed E-state index contributed by atoms with van der Waals surface area (Å²) in [5.41, 5.74) is 5.16. The van der Waals surface area contributed by atoms with E-state index in [9.17, 15) is 4.39 Å². The van der Waals surface area contributed by atoms with Crippen LogP contribution in [0.15, 0.2) is 53.0 Å². The maximum absolute atomic E-state index is 13.9. The number of benzene rings is 2. The van der Waals surface area contributed by atoms with E-state index in [4.69, 9.17) is 11.6 Å². The highest BCUT2D eigenvalue weighted by molar-refractivity contribution is 9.10. The van der Waals surface area contributed by atoms with Crippen molar-refractivity contribution in [2.24, 2.45) is 0 Å². The van der Waals surface area contributed by atoms with Crippen molar-refractivity contribution < 1.29 is 4.39 Å². The van der Waals surface area contributed by atoms with Gasteiger partial charge in [0.15, 0.2) is 0 Å². The van der Waals surface area contributed by atoms with E-state index in [1.807, 2.05) is 30.3 Å². The highest BCUT2D eigenvalue weighted by Gasteiger charge is 2.18. The Bertz CT molecular complexity index is 861. The van der Waals surface area contributed by atoms with E-state index in [1.165, 1.54) is 6.07 Å². The van der Waals surface area contributed by atoms with Gasteiger partial charge >= 0.3 is 0 Å². The summed E-state index contributed by atoms with van der Waals surface area (Å²) >= 11 is 9.43. The maximum atomic E-state index is 13.9. The first-order chi connectivity index (χ1) is 11.4. The SMILES string of the molecule is Cc1cc(-c2cc(F)cc(Br)c2)c(-c2ccc(Cl)cc2)n1C(C)C. The van der Waals surface area contributed by atoms with Gasteiger partial charge in [-0.3, -0.25) is 0 Å². The van der Waals surface area contributed by atoms with Gasteiger partial charge in [-0.1, -0.05) is 39.7 Å². The number of hydrogen-bond donors (Lipinski definition) is 0. The van der Waals surface area contributed by atoms with Gasteiger partial charge in [0.1, 0.15) is 5.82 Å². The predicted octanol–water partition coefficient (Wildman–Crippen LogP) is 7.27. The van der Waals surface area contributed by atoms with Gasteiger partial charge in [-0.2, -0.15) is 0 Å². The van der Waals surface area contributed by atoms with Gasteiger partial charge in [0.05, 0.1) is 5.69 Å². The van der Waals surface area contributed by atoms with E-state index in [-0.39, 0.29) is 5.82 Å². The van der Waals surface area contributed by atoms with Crippen LogP contribution in [-0.4, -0.2) is 4.57 Å². The lowest BCUT2D eigenvalue weighted by Gasteiger charge is -2.17. The molecule has 0 bridgehead atoms. The second kappa shape index (κ2) is 6.73. The zero-order valence-electron chi connectivity index (χ0n) is 13.8. The van der Waals surface area contributed by atoms with Gasteiger partial charge in [-0.05, 0) is 68.3 Å². The Morgan fingerprint density at radius 3 is 2.25 bits per heavy atom. The molecule has 1 aromatic heterocycles. The minimum atomic E-state index is -0.253. The average molecular weight is 407 g/mol. The van der Waals surface area contributed by atoms with Crippen molar-refractivity contribution in [3.05, 3.63) is 69.5 Å². The number of aryl methyl sites for hydroxylation is 1. The molecule has 24 heavy (non-hydrogen) atoms. The third-order valence-corrected chi connectivity index (χ3v) is 4.75. The summed E-state index contributed by atoms with van der Waals surface area (Å²) in [6.07, 6.45) is 0. The van der Waals surface area contributed by atoms with Crippen molar-refractivity contribution >= 4 is 27.5 Å². The normalized spacial score (nSPS) is 11.3. The summed E-state index contributed by atoms with van der Waals surface area (Å²) < 4.78 is 16.9. The molecule has 1 heterocycles. The van der Waals surface area contributed by atoms with Crippen LogP contribution in [0.25, 0.3) is 22.4 Å². The Balaban J connectivity index is 2.30. The molecule has 3 aromatic rings. The second-order valence-corrected chi connectivity index (χ2v) is 7.53. The molecule has 124 valence electrons. The topological polar surface area (TPSA) is 4.93 Å². The van der Waals surface area contributed by atoms with Gasteiger partial charge in [0, 0.05) is 26.8 Å². The molecule has 0 amide bonds. The first kappa shape index (κ1) is 17.2. The van der Waals surface area contributed by atoms with Crippen molar-refractivity contribution in [2.75, 3.05) is 0 Å². The maximum Gasteiger partial charge on any atom is 0.124 e. The highest BCUT2D eigenvalue weighted by atomic mass is 79.9. The number of halogens is 3. The predicted molar refractivity (Wildman–Crippen MR) is 103 cm³/mol. The molecule has 3 rings (SSSR count). The largest absolute Gasteiger partial charge is 0.342 e. The minimum absolute atomic E-state index is 0.253. The van der Waals surface area contributed by atoms with Crippen LogP contribution in [0.2, 0.25) is 5.02 Å². The molecule has 1 nitrogen and oxygen atoms in total. The molecule has 0 N–H and O–H groups in total. The molecule has 0 unspecified atom stereocenters. The first-order valence-electron chi connectivity index (χ1n) is 7.81. The molecular formula is C20H18BrClFN. The van der Waals surface area contributed by atoms with Gasteiger partial charge in [-0.25, -0.2) is 4.39 Å². The lowest BCUT2D eigenvalue weighted by Crippen LogP contribution is -2.05. The number of aromatic nitrogens is 1. The Hall–Kier alpha value is -1.58. The van der Waals surface area contributed by atoms with E-state index in [0.717, 1.165) is 32.6 Å². The molecule has 0 fully saturated rings. The molecule has 0 spiro atoms. The zero-order valence-corrected chi connectivity index (χ0v) is 16.1. The molecule has 4 heteroatoms. The molecule has 0 aliphatic rings. The zero-order chi connectivity index (χ0) is 17.4. The fourth-order valence-electron chi connectivity index (χ4n) is 3.15. The van der Waals surface area contributed by atoms with Crippen LogP contribution in [0.5, 0.6) is 0 Å². The summed E-state index contributed by atoms with van der Waals surface area (Å²) in [6.45, 7) is 6.38. The fraction of sp³-hybridized carbons (Fsp3) is 0.200. The molecule has 0 saturated heterocycles. The summed E-state index contributed by atoms with van der Waals surface area (Å²) in [5, 5.41) is 0.702. The Labute approximate surface area is 155 Å².